The molecule has 2 aromatic rings. The van der Waals surface area contributed by atoms with Crippen molar-refractivity contribution in [3.8, 4) is 11.6 Å². The minimum absolute atomic E-state index is 0.0553. The van der Waals surface area contributed by atoms with Gasteiger partial charge in [0.05, 0.1) is 13.3 Å². The lowest BCUT2D eigenvalue weighted by molar-refractivity contribution is -0.0120. The third-order valence-electron chi connectivity index (χ3n) is 7.19. The molecule has 0 saturated heterocycles. The average Bonchev–Trinajstić information content (AvgIpc) is 3.09. The van der Waals surface area contributed by atoms with Crippen molar-refractivity contribution < 1.29 is 14.3 Å². The van der Waals surface area contributed by atoms with Crippen molar-refractivity contribution in [2.75, 3.05) is 7.11 Å². The third kappa shape index (κ3) is 3.49. The second-order valence-corrected chi connectivity index (χ2v) is 9.05. The SMILES string of the molecule is COc1ccc(COc2c(C(=O)NC3C4CC5CC(C4)CC3C5)cnn2C)cc1. The molecule has 0 unspecified atom stereocenters. The quantitative estimate of drug-likeness (QED) is 0.812. The fraction of sp³-hybridized carbons (Fsp3) is 0.565. The molecule has 1 aromatic carbocycles. The van der Waals surface area contributed by atoms with Crippen LogP contribution in [0.1, 0.15) is 48.0 Å². The lowest BCUT2D eigenvalue weighted by Crippen LogP contribution is -2.55. The highest BCUT2D eigenvalue weighted by atomic mass is 16.5. The summed E-state index contributed by atoms with van der Waals surface area (Å²) in [6, 6.07) is 8.04. The molecule has 6 rings (SSSR count). The number of rotatable bonds is 6. The molecule has 1 heterocycles. The molecule has 0 spiro atoms. The van der Waals surface area contributed by atoms with E-state index in [4.69, 9.17) is 9.47 Å². The number of methoxy groups -OCH3 is 1. The monoisotopic (exact) mass is 395 g/mol. The molecule has 6 heteroatoms. The number of ether oxygens (including phenoxy) is 2. The van der Waals surface area contributed by atoms with E-state index in [9.17, 15) is 4.79 Å². The van der Waals surface area contributed by atoms with Crippen LogP contribution in [0.5, 0.6) is 11.6 Å². The van der Waals surface area contributed by atoms with E-state index in [-0.39, 0.29) is 5.91 Å². The summed E-state index contributed by atoms with van der Waals surface area (Å²) in [5.41, 5.74) is 1.54. The Kier molecular flexibility index (Phi) is 4.72. The number of carbonyl (C=O) groups is 1. The smallest absolute Gasteiger partial charge is 0.258 e. The first-order valence-corrected chi connectivity index (χ1v) is 10.7. The lowest BCUT2D eigenvalue weighted by atomic mass is 9.54. The van der Waals surface area contributed by atoms with E-state index in [1.165, 1.54) is 32.1 Å². The molecule has 6 nitrogen and oxygen atoms in total. The number of aryl methyl sites for hydroxylation is 1. The van der Waals surface area contributed by atoms with E-state index >= 15 is 0 Å². The predicted octanol–water partition coefficient (Wildman–Crippen LogP) is 3.56. The van der Waals surface area contributed by atoms with Gasteiger partial charge >= 0.3 is 0 Å². The first kappa shape index (κ1) is 18.5. The molecule has 0 aliphatic heterocycles. The largest absolute Gasteiger partial charge is 0.497 e. The average molecular weight is 396 g/mol. The van der Waals surface area contributed by atoms with Gasteiger partial charge < -0.3 is 14.8 Å². The summed E-state index contributed by atoms with van der Waals surface area (Å²) in [5.74, 6) is 4.36. The van der Waals surface area contributed by atoms with Crippen molar-refractivity contribution in [3.05, 3.63) is 41.6 Å². The maximum atomic E-state index is 13.1. The van der Waals surface area contributed by atoms with Gasteiger partial charge in [-0.05, 0) is 73.5 Å². The number of hydrogen-bond donors (Lipinski definition) is 1. The van der Waals surface area contributed by atoms with E-state index in [1.54, 1.807) is 18.0 Å². The predicted molar refractivity (Wildman–Crippen MR) is 109 cm³/mol. The maximum Gasteiger partial charge on any atom is 0.258 e. The lowest BCUT2D eigenvalue weighted by Gasteiger charge is -2.54. The molecule has 154 valence electrons. The normalized spacial score (nSPS) is 29.7. The fourth-order valence-corrected chi connectivity index (χ4v) is 6.02. The van der Waals surface area contributed by atoms with E-state index < -0.39 is 0 Å². The molecule has 4 aliphatic rings. The molecule has 1 aromatic heterocycles. The summed E-state index contributed by atoms with van der Waals surface area (Å²) < 4.78 is 12.8. The minimum atomic E-state index is -0.0553. The molecule has 4 bridgehead atoms. The van der Waals surface area contributed by atoms with E-state index in [0.717, 1.165) is 23.1 Å². The number of nitrogens with zero attached hydrogens (tertiary/aromatic N) is 2. The highest BCUT2D eigenvalue weighted by Crippen LogP contribution is 2.53. The van der Waals surface area contributed by atoms with Crippen LogP contribution in [0.4, 0.5) is 0 Å². The zero-order valence-electron chi connectivity index (χ0n) is 17.1. The van der Waals surface area contributed by atoms with Crippen molar-refractivity contribution in [2.24, 2.45) is 30.7 Å². The van der Waals surface area contributed by atoms with Crippen LogP contribution >= 0.6 is 0 Å². The molecule has 1 N–H and O–H groups in total. The molecule has 4 saturated carbocycles. The maximum absolute atomic E-state index is 13.1. The minimum Gasteiger partial charge on any atom is -0.497 e. The Morgan fingerprint density at radius 2 is 1.76 bits per heavy atom. The zero-order chi connectivity index (χ0) is 20.0. The Bertz CT molecular complexity index is 861. The number of aromatic nitrogens is 2. The summed E-state index contributed by atoms with van der Waals surface area (Å²) in [7, 11) is 3.46. The summed E-state index contributed by atoms with van der Waals surface area (Å²) in [5, 5.41) is 7.63. The van der Waals surface area contributed by atoms with Gasteiger partial charge in [-0.15, -0.1) is 0 Å². The molecule has 29 heavy (non-hydrogen) atoms. The van der Waals surface area contributed by atoms with Crippen LogP contribution in [-0.4, -0.2) is 28.8 Å². The molecular weight excluding hydrogens is 366 g/mol. The van der Waals surface area contributed by atoms with Gasteiger partial charge in [0.25, 0.3) is 5.91 Å². The van der Waals surface area contributed by atoms with Crippen LogP contribution in [0.25, 0.3) is 0 Å². The third-order valence-corrected chi connectivity index (χ3v) is 7.19. The van der Waals surface area contributed by atoms with Crippen LogP contribution in [0, 0.1) is 23.7 Å². The fourth-order valence-electron chi connectivity index (χ4n) is 6.02. The Morgan fingerprint density at radius 3 is 2.38 bits per heavy atom. The summed E-state index contributed by atoms with van der Waals surface area (Å²) in [4.78, 5) is 13.1. The molecular formula is C23H29N3O3. The number of amides is 1. The van der Waals surface area contributed by atoms with Gasteiger partial charge in [0, 0.05) is 13.1 Å². The highest BCUT2D eigenvalue weighted by molar-refractivity contribution is 5.96. The van der Waals surface area contributed by atoms with Gasteiger partial charge in [-0.25, -0.2) is 4.68 Å². The van der Waals surface area contributed by atoms with Gasteiger partial charge in [-0.2, -0.15) is 5.10 Å². The highest BCUT2D eigenvalue weighted by Gasteiger charge is 2.48. The first-order chi connectivity index (χ1) is 14.1. The van der Waals surface area contributed by atoms with Crippen molar-refractivity contribution >= 4 is 5.91 Å². The van der Waals surface area contributed by atoms with E-state index in [0.29, 0.717) is 35.9 Å². The number of hydrogen-bond acceptors (Lipinski definition) is 4. The topological polar surface area (TPSA) is 65.4 Å². The zero-order valence-corrected chi connectivity index (χ0v) is 17.1. The number of benzene rings is 1. The van der Waals surface area contributed by atoms with Gasteiger partial charge in [-0.3, -0.25) is 4.79 Å². The van der Waals surface area contributed by atoms with Crippen molar-refractivity contribution in [1.82, 2.24) is 15.1 Å². The van der Waals surface area contributed by atoms with E-state index in [2.05, 4.69) is 10.4 Å². The van der Waals surface area contributed by atoms with Crippen LogP contribution in [0.15, 0.2) is 30.5 Å². The van der Waals surface area contributed by atoms with Gasteiger partial charge in [-0.1, -0.05) is 12.1 Å². The van der Waals surface area contributed by atoms with Gasteiger partial charge in [0.1, 0.15) is 17.9 Å². The van der Waals surface area contributed by atoms with Gasteiger partial charge in [0.2, 0.25) is 5.88 Å². The summed E-state index contributed by atoms with van der Waals surface area (Å²) >= 11 is 0. The molecule has 4 fully saturated rings. The molecule has 4 aliphatic carbocycles. The first-order valence-electron chi connectivity index (χ1n) is 10.7. The Hall–Kier alpha value is -2.50. The number of carbonyl (C=O) groups excluding carboxylic acids is 1. The second kappa shape index (κ2) is 7.39. The second-order valence-electron chi connectivity index (χ2n) is 9.05. The Morgan fingerprint density at radius 1 is 1.10 bits per heavy atom. The van der Waals surface area contributed by atoms with Crippen molar-refractivity contribution in [2.45, 2.75) is 44.8 Å². The van der Waals surface area contributed by atoms with Crippen LogP contribution in [-0.2, 0) is 13.7 Å². The van der Waals surface area contributed by atoms with Gasteiger partial charge in [0.15, 0.2) is 0 Å². The van der Waals surface area contributed by atoms with Crippen LogP contribution < -0.4 is 14.8 Å². The summed E-state index contributed by atoms with van der Waals surface area (Å²) in [6.07, 6.45) is 8.17. The van der Waals surface area contributed by atoms with Crippen molar-refractivity contribution in [3.63, 3.8) is 0 Å². The Labute approximate surface area is 171 Å². The standard InChI is InChI=1S/C23H29N3O3/c1-26-23(29-13-14-3-5-19(28-2)6-4-14)20(12-24-26)22(27)25-21-17-8-15-7-16(10-17)11-18(21)9-15/h3-6,12,15-18,21H,7-11,13H2,1-2H3,(H,25,27). The molecule has 1 amide bonds. The van der Waals surface area contributed by atoms with E-state index in [1.807, 2.05) is 31.3 Å². The Balaban J connectivity index is 1.27. The molecule has 0 atom stereocenters. The molecule has 0 radical (unpaired) electrons. The van der Waals surface area contributed by atoms with Crippen molar-refractivity contribution in [1.29, 1.82) is 0 Å². The number of nitrogens with one attached hydrogen (secondary N) is 1. The van der Waals surface area contributed by atoms with Crippen LogP contribution in [0.3, 0.4) is 0 Å². The summed E-state index contributed by atoms with van der Waals surface area (Å²) in [6.45, 7) is 0.377. The van der Waals surface area contributed by atoms with Crippen LogP contribution in [0.2, 0.25) is 0 Å².